The first kappa shape index (κ1) is 15.2. The molecule has 2 aromatic carbocycles. The third-order valence-electron chi connectivity index (χ3n) is 3.36. The Bertz CT molecular complexity index is 612. The van der Waals surface area contributed by atoms with Gasteiger partial charge in [-0.2, -0.15) is 0 Å². The standard InChI is InChI=1S/C16H20N2O3/c1-21-13-4-2-10(3-5-13)14-6-11(17)7-16(18)15(14)8-12(20)9-19/h2-7,12,19-20H,8-9,17-18H2,1H3. The smallest absolute Gasteiger partial charge is 0.118 e. The van der Waals surface area contributed by atoms with Gasteiger partial charge in [0.15, 0.2) is 0 Å². The number of ether oxygens (including phenoxy) is 1. The van der Waals surface area contributed by atoms with Crippen LogP contribution >= 0.6 is 0 Å². The van der Waals surface area contributed by atoms with E-state index in [1.807, 2.05) is 30.3 Å². The highest BCUT2D eigenvalue weighted by atomic mass is 16.5. The van der Waals surface area contributed by atoms with Crippen LogP contribution in [-0.2, 0) is 6.42 Å². The summed E-state index contributed by atoms with van der Waals surface area (Å²) in [4.78, 5) is 0. The summed E-state index contributed by atoms with van der Waals surface area (Å²) in [6.45, 7) is -0.314. The number of benzene rings is 2. The lowest BCUT2D eigenvalue weighted by Gasteiger charge is -2.16. The maximum atomic E-state index is 9.70. The van der Waals surface area contributed by atoms with E-state index in [4.69, 9.17) is 21.3 Å². The SMILES string of the molecule is COc1ccc(-c2cc(N)cc(N)c2CC(O)CO)cc1. The largest absolute Gasteiger partial charge is 0.497 e. The van der Waals surface area contributed by atoms with Gasteiger partial charge in [0.25, 0.3) is 0 Å². The molecule has 0 heterocycles. The van der Waals surface area contributed by atoms with Gasteiger partial charge in [0.05, 0.1) is 19.8 Å². The maximum absolute atomic E-state index is 9.70. The first-order chi connectivity index (χ1) is 10.0. The van der Waals surface area contributed by atoms with Crippen LogP contribution < -0.4 is 16.2 Å². The van der Waals surface area contributed by atoms with Gasteiger partial charge in [0.2, 0.25) is 0 Å². The summed E-state index contributed by atoms with van der Waals surface area (Å²) in [5, 5.41) is 18.7. The fourth-order valence-electron chi connectivity index (χ4n) is 2.27. The maximum Gasteiger partial charge on any atom is 0.118 e. The number of nitrogen functional groups attached to an aromatic ring is 2. The summed E-state index contributed by atoms with van der Waals surface area (Å²) in [6.07, 6.45) is -0.586. The van der Waals surface area contributed by atoms with E-state index in [9.17, 15) is 5.11 Å². The molecule has 0 amide bonds. The third-order valence-corrected chi connectivity index (χ3v) is 3.36. The van der Waals surface area contributed by atoms with Crippen molar-refractivity contribution in [1.82, 2.24) is 0 Å². The van der Waals surface area contributed by atoms with Gasteiger partial charge in [0, 0.05) is 17.8 Å². The fourth-order valence-corrected chi connectivity index (χ4v) is 2.27. The highest BCUT2D eigenvalue weighted by Crippen LogP contribution is 2.32. The Balaban J connectivity index is 2.49. The molecule has 2 rings (SSSR count). The van der Waals surface area contributed by atoms with Crippen molar-refractivity contribution in [2.75, 3.05) is 25.2 Å². The molecule has 1 unspecified atom stereocenters. The van der Waals surface area contributed by atoms with Crippen molar-refractivity contribution in [3.05, 3.63) is 42.0 Å². The van der Waals surface area contributed by atoms with Crippen LogP contribution in [-0.4, -0.2) is 30.0 Å². The van der Waals surface area contributed by atoms with Gasteiger partial charge < -0.3 is 26.4 Å². The van der Waals surface area contributed by atoms with Crippen molar-refractivity contribution in [2.45, 2.75) is 12.5 Å². The Morgan fingerprint density at radius 1 is 1.14 bits per heavy atom. The van der Waals surface area contributed by atoms with Gasteiger partial charge in [-0.15, -0.1) is 0 Å². The number of rotatable bonds is 5. The highest BCUT2D eigenvalue weighted by Gasteiger charge is 2.14. The minimum absolute atomic E-state index is 0.268. The van der Waals surface area contributed by atoms with Crippen molar-refractivity contribution in [3.8, 4) is 16.9 Å². The lowest BCUT2D eigenvalue weighted by atomic mass is 9.93. The Morgan fingerprint density at radius 3 is 2.38 bits per heavy atom. The molecule has 0 aliphatic carbocycles. The van der Waals surface area contributed by atoms with Gasteiger partial charge in [-0.1, -0.05) is 12.1 Å². The topological polar surface area (TPSA) is 102 Å². The van der Waals surface area contributed by atoms with Gasteiger partial charge in [-0.25, -0.2) is 0 Å². The molecule has 6 N–H and O–H groups in total. The second kappa shape index (κ2) is 6.47. The van der Waals surface area contributed by atoms with Gasteiger partial charge in [-0.05, 0) is 41.0 Å². The second-order valence-electron chi connectivity index (χ2n) is 4.91. The van der Waals surface area contributed by atoms with E-state index in [2.05, 4.69) is 0 Å². The third kappa shape index (κ3) is 3.45. The van der Waals surface area contributed by atoms with Crippen molar-refractivity contribution < 1.29 is 14.9 Å². The molecule has 0 saturated heterocycles. The van der Waals surface area contributed by atoms with E-state index in [1.165, 1.54) is 0 Å². The van der Waals surface area contributed by atoms with Crippen LogP contribution in [0.3, 0.4) is 0 Å². The summed E-state index contributed by atoms with van der Waals surface area (Å²) in [5.41, 5.74) is 15.5. The zero-order valence-electron chi connectivity index (χ0n) is 11.9. The number of aliphatic hydroxyl groups is 2. The monoisotopic (exact) mass is 288 g/mol. The molecule has 0 bridgehead atoms. The van der Waals surface area contributed by atoms with E-state index in [1.54, 1.807) is 13.2 Å². The van der Waals surface area contributed by atoms with Crippen molar-refractivity contribution in [2.24, 2.45) is 0 Å². The Kier molecular flexibility index (Phi) is 4.67. The number of nitrogens with two attached hydrogens (primary N) is 2. The molecule has 0 radical (unpaired) electrons. The van der Waals surface area contributed by atoms with Crippen molar-refractivity contribution >= 4 is 11.4 Å². The summed E-state index contributed by atoms with van der Waals surface area (Å²) >= 11 is 0. The average molecular weight is 288 g/mol. The van der Waals surface area contributed by atoms with E-state index in [0.717, 1.165) is 22.4 Å². The highest BCUT2D eigenvalue weighted by molar-refractivity contribution is 5.77. The number of hydrogen-bond donors (Lipinski definition) is 4. The van der Waals surface area contributed by atoms with E-state index < -0.39 is 6.10 Å². The first-order valence-electron chi connectivity index (χ1n) is 6.66. The number of methoxy groups -OCH3 is 1. The molecule has 1 atom stereocenters. The van der Waals surface area contributed by atoms with Crippen LogP contribution in [0.15, 0.2) is 36.4 Å². The predicted octanol–water partition coefficient (Wildman–Crippen LogP) is 1.42. The zero-order chi connectivity index (χ0) is 15.4. The molecule has 2 aromatic rings. The molecular formula is C16H20N2O3. The lowest BCUT2D eigenvalue weighted by molar-refractivity contribution is 0.0957. The zero-order valence-corrected chi connectivity index (χ0v) is 11.9. The van der Waals surface area contributed by atoms with Crippen LogP contribution in [0, 0.1) is 0 Å². The molecule has 0 aliphatic rings. The number of hydrogen-bond acceptors (Lipinski definition) is 5. The quantitative estimate of drug-likeness (QED) is 0.623. The molecule has 0 aromatic heterocycles. The lowest BCUT2D eigenvalue weighted by Crippen LogP contribution is -2.17. The predicted molar refractivity (Wildman–Crippen MR) is 84.1 cm³/mol. The average Bonchev–Trinajstić information content (AvgIpc) is 2.49. The minimum atomic E-state index is -0.854. The Hall–Kier alpha value is -2.24. The van der Waals surface area contributed by atoms with Crippen LogP contribution in [0.1, 0.15) is 5.56 Å². The van der Waals surface area contributed by atoms with E-state index in [-0.39, 0.29) is 13.0 Å². The molecule has 21 heavy (non-hydrogen) atoms. The molecule has 0 fully saturated rings. The Morgan fingerprint density at radius 2 is 1.81 bits per heavy atom. The van der Waals surface area contributed by atoms with Gasteiger partial charge >= 0.3 is 0 Å². The molecular weight excluding hydrogens is 268 g/mol. The van der Waals surface area contributed by atoms with Gasteiger partial charge in [0.1, 0.15) is 5.75 Å². The minimum Gasteiger partial charge on any atom is -0.497 e. The molecule has 0 aliphatic heterocycles. The van der Waals surface area contributed by atoms with Crippen LogP contribution in [0.5, 0.6) is 5.75 Å². The van der Waals surface area contributed by atoms with Crippen LogP contribution in [0.25, 0.3) is 11.1 Å². The second-order valence-corrected chi connectivity index (χ2v) is 4.91. The van der Waals surface area contributed by atoms with Crippen LogP contribution in [0.4, 0.5) is 11.4 Å². The number of aliphatic hydroxyl groups excluding tert-OH is 2. The van der Waals surface area contributed by atoms with Gasteiger partial charge in [-0.3, -0.25) is 0 Å². The van der Waals surface area contributed by atoms with E-state index in [0.29, 0.717) is 11.4 Å². The first-order valence-corrected chi connectivity index (χ1v) is 6.66. The molecule has 5 heteroatoms. The summed E-state index contributed by atoms with van der Waals surface area (Å²) < 4.78 is 5.14. The van der Waals surface area contributed by atoms with Crippen molar-refractivity contribution in [1.29, 1.82) is 0 Å². The summed E-state index contributed by atoms with van der Waals surface area (Å²) in [6, 6.07) is 11.0. The normalized spacial score (nSPS) is 12.1. The molecule has 5 nitrogen and oxygen atoms in total. The number of anilines is 2. The molecule has 0 spiro atoms. The summed E-state index contributed by atoms with van der Waals surface area (Å²) in [5.74, 6) is 0.757. The molecule has 112 valence electrons. The fraction of sp³-hybridized carbons (Fsp3) is 0.250. The van der Waals surface area contributed by atoms with Crippen molar-refractivity contribution in [3.63, 3.8) is 0 Å². The Labute approximate surface area is 123 Å². The summed E-state index contributed by atoms with van der Waals surface area (Å²) in [7, 11) is 1.61. The van der Waals surface area contributed by atoms with Crippen LogP contribution in [0.2, 0.25) is 0 Å². The molecule has 0 saturated carbocycles. The van der Waals surface area contributed by atoms with E-state index >= 15 is 0 Å².